The second-order valence-electron chi connectivity index (χ2n) is 8.81. The van der Waals surface area contributed by atoms with E-state index in [1.165, 1.54) is 0 Å². The lowest BCUT2D eigenvalue weighted by molar-refractivity contribution is -0.144. The molecule has 0 radical (unpaired) electrons. The molecule has 0 fully saturated rings. The number of rotatable bonds is 18. The summed E-state index contributed by atoms with van der Waals surface area (Å²) in [6.07, 6.45) is -0.786. The van der Waals surface area contributed by atoms with Crippen molar-refractivity contribution in [3.05, 3.63) is 0 Å². The Hall–Kier alpha value is -3.95. The van der Waals surface area contributed by atoms with Crippen LogP contribution in [0.2, 0.25) is 0 Å². The first kappa shape index (κ1) is 33.0. The molecule has 0 aromatic heterocycles. The standard InChI is InChI=1S/C21H38N8O8/c1-10(2)8-13(19(35)29-14(20(36)37)9-15(23)30)28-18(34)12(4-3-7-26-21(24)25)27-17(33)11(22)5-6-16(31)32/h10-14H,3-9,22H2,1-2H3,(H2,23,30)(H,27,33)(H,28,34)(H,29,35)(H,31,32)(H,36,37)(H4,24,25,26). The van der Waals surface area contributed by atoms with Crippen molar-refractivity contribution in [2.45, 2.75) is 76.5 Å². The van der Waals surface area contributed by atoms with Crippen LogP contribution in [-0.2, 0) is 28.8 Å². The lowest BCUT2D eigenvalue weighted by Gasteiger charge is -2.26. The number of nitrogens with one attached hydrogen (secondary N) is 3. The molecule has 0 aromatic rings. The van der Waals surface area contributed by atoms with Crippen LogP contribution in [0.3, 0.4) is 0 Å². The van der Waals surface area contributed by atoms with Crippen molar-refractivity contribution >= 4 is 41.5 Å². The molecule has 0 aliphatic rings. The second kappa shape index (κ2) is 16.7. The maximum atomic E-state index is 13.1. The highest BCUT2D eigenvalue weighted by atomic mass is 16.4. The normalized spacial score (nSPS) is 13.9. The van der Waals surface area contributed by atoms with Crippen LogP contribution in [0.15, 0.2) is 4.99 Å². The third-order valence-corrected chi connectivity index (χ3v) is 4.94. The predicted molar refractivity (Wildman–Crippen MR) is 131 cm³/mol. The molecule has 0 aliphatic heterocycles. The van der Waals surface area contributed by atoms with Crippen molar-refractivity contribution in [3.8, 4) is 0 Å². The Labute approximate surface area is 214 Å². The lowest BCUT2D eigenvalue weighted by atomic mass is 10.0. The molecule has 13 N–H and O–H groups in total. The van der Waals surface area contributed by atoms with E-state index in [2.05, 4.69) is 20.9 Å². The molecular weight excluding hydrogens is 492 g/mol. The highest BCUT2D eigenvalue weighted by Gasteiger charge is 2.31. The van der Waals surface area contributed by atoms with Gasteiger partial charge in [0, 0.05) is 13.0 Å². The topological polar surface area (TPSA) is 295 Å². The number of aliphatic carboxylic acids is 2. The Morgan fingerprint density at radius 2 is 1.35 bits per heavy atom. The van der Waals surface area contributed by atoms with Crippen molar-refractivity contribution < 1.29 is 39.0 Å². The van der Waals surface area contributed by atoms with Gasteiger partial charge in [0.1, 0.15) is 18.1 Å². The molecule has 4 atom stereocenters. The minimum atomic E-state index is -1.60. The zero-order valence-corrected chi connectivity index (χ0v) is 20.9. The van der Waals surface area contributed by atoms with Gasteiger partial charge in [-0.25, -0.2) is 4.79 Å². The van der Waals surface area contributed by atoms with Crippen LogP contribution < -0.4 is 38.9 Å². The summed E-state index contributed by atoms with van der Waals surface area (Å²) in [5, 5.41) is 25.2. The number of hydrogen-bond acceptors (Lipinski definition) is 8. The molecule has 4 unspecified atom stereocenters. The van der Waals surface area contributed by atoms with E-state index in [-0.39, 0.29) is 50.5 Å². The quantitative estimate of drug-likeness (QED) is 0.0480. The van der Waals surface area contributed by atoms with Crippen LogP contribution in [0, 0.1) is 5.92 Å². The van der Waals surface area contributed by atoms with Gasteiger partial charge in [0.2, 0.25) is 23.6 Å². The van der Waals surface area contributed by atoms with Crippen LogP contribution in [-0.4, -0.2) is 82.5 Å². The van der Waals surface area contributed by atoms with Crippen molar-refractivity contribution in [1.82, 2.24) is 16.0 Å². The summed E-state index contributed by atoms with van der Waals surface area (Å²) in [5.74, 6) is -6.27. The highest BCUT2D eigenvalue weighted by molar-refractivity contribution is 5.95. The molecule has 16 heteroatoms. The summed E-state index contributed by atoms with van der Waals surface area (Å²) < 4.78 is 0. The summed E-state index contributed by atoms with van der Waals surface area (Å²) in [6.45, 7) is 3.66. The summed E-state index contributed by atoms with van der Waals surface area (Å²) in [6, 6.07) is -5.20. The van der Waals surface area contributed by atoms with Gasteiger partial charge in [-0.05, 0) is 31.6 Å². The van der Waals surface area contributed by atoms with Gasteiger partial charge in [-0.3, -0.25) is 29.0 Å². The predicted octanol–water partition coefficient (Wildman–Crippen LogP) is -3.31. The first-order valence-corrected chi connectivity index (χ1v) is 11.6. The van der Waals surface area contributed by atoms with E-state index < -0.39 is 66.2 Å². The van der Waals surface area contributed by atoms with E-state index in [9.17, 15) is 33.9 Å². The molecule has 16 nitrogen and oxygen atoms in total. The number of carbonyl (C=O) groups is 6. The fraction of sp³-hybridized carbons (Fsp3) is 0.667. The number of carboxylic acid groups (broad SMARTS) is 2. The van der Waals surface area contributed by atoms with Gasteiger partial charge in [-0.2, -0.15) is 0 Å². The van der Waals surface area contributed by atoms with Crippen molar-refractivity contribution in [2.24, 2.45) is 33.8 Å². The summed E-state index contributed by atoms with van der Waals surface area (Å²) in [4.78, 5) is 75.4. The van der Waals surface area contributed by atoms with Crippen LogP contribution in [0.4, 0.5) is 0 Å². The number of hydrogen-bond donors (Lipinski definition) is 9. The number of primary amides is 1. The van der Waals surface area contributed by atoms with E-state index in [0.717, 1.165) is 0 Å². The molecule has 0 spiro atoms. The minimum absolute atomic E-state index is 0.0372. The highest BCUT2D eigenvalue weighted by Crippen LogP contribution is 2.08. The van der Waals surface area contributed by atoms with Crippen LogP contribution in [0.5, 0.6) is 0 Å². The zero-order valence-electron chi connectivity index (χ0n) is 20.9. The largest absolute Gasteiger partial charge is 0.481 e. The average molecular weight is 531 g/mol. The van der Waals surface area contributed by atoms with Gasteiger partial charge >= 0.3 is 11.9 Å². The van der Waals surface area contributed by atoms with Crippen LogP contribution in [0.1, 0.15) is 52.4 Å². The van der Waals surface area contributed by atoms with Gasteiger partial charge in [0.05, 0.1) is 12.5 Å². The van der Waals surface area contributed by atoms with Gasteiger partial charge in [-0.1, -0.05) is 13.8 Å². The minimum Gasteiger partial charge on any atom is -0.481 e. The Bertz CT molecular complexity index is 859. The Balaban J connectivity index is 5.63. The zero-order chi connectivity index (χ0) is 28.7. The maximum Gasteiger partial charge on any atom is 0.326 e. The SMILES string of the molecule is CC(C)CC(NC(=O)C(CCCN=C(N)N)NC(=O)C(N)CCC(=O)O)C(=O)NC(CC(N)=O)C(=O)O. The number of aliphatic imine (C=N–C) groups is 1. The van der Waals surface area contributed by atoms with E-state index in [1.807, 2.05) is 0 Å². The molecule has 4 amide bonds. The van der Waals surface area contributed by atoms with Gasteiger partial charge in [0.25, 0.3) is 0 Å². The van der Waals surface area contributed by atoms with E-state index in [0.29, 0.717) is 0 Å². The molecule has 210 valence electrons. The second-order valence-corrected chi connectivity index (χ2v) is 8.81. The molecule has 0 aromatic carbocycles. The molecular formula is C21H38N8O8. The van der Waals surface area contributed by atoms with Crippen molar-refractivity contribution in [1.29, 1.82) is 0 Å². The number of carbonyl (C=O) groups excluding carboxylic acids is 4. The summed E-state index contributed by atoms with van der Waals surface area (Å²) in [7, 11) is 0. The van der Waals surface area contributed by atoms with Crippen molar-refractivity contribution in [3.63, 3.8) is 0 Å². The third kappa shape index (κ3) is 14.9. The van der Waals surface area contributed by atoms with Gasteiger partial charge in [-0.15, -0.1) is 0 Å². The number of amides is 4. The summed E-state index contributed by atoms with van der Waals surface area (Å²) >= 11 is 0. The lowest BCUT2D eigenvalue weighted by Crippen LogP contribution is -2.57. The van der Waals surface area contributed by atoms with Gasteiger partial charge in [0.15, 0.2) is 5.96 Å². The fourth-order valence-corrected chi connectivity index (χ4v) is 3.11. The number of carboxylic acids is 2. The molecule has 0 heterocycles. The first-order chi connectivity index (χ1) is 17.1. The summed E-state index contributed by atoms with van der Waals surface area (Å²) in [5.41, 5.74) is 21.3. The number of nitrogens with two attached hydrogens (primary N) is 4. The molecule has 0 saturated carbocycles. The molecule has 37 heavy (non-hydrogen) atoms. The van der Waals surface area contributed by atoms with Crippen LogP contribution in [0.25, 0.3) is 0 Å². The maximum absolute atomic E-state index is 13.1. The third-order valence-electron chi connectivity index (χ3n) is 4.94. The van der Waals surface area contributed by atoms with E-state index >= 15 is 0 Å². The first-order valence-electron chi connectivity index (χ1n) is 11.6. The van der Waals surface area contributed by atoms with Gasteiger partial charge < -0.3 is 49.1 Å². The molecule has 0 bridgehead atoms. The monoisotopic (exact) mass is 530 g/mol. The molecule has 0 saturated heterocycles. The smallest absolute Gasteiger partial charge is 0.326 e. The fourth-order valence-electron chi connectivity index (χ4n) is 3.11. The average Bonchev–Trinajstić information content (AvgIpc) is 2.77. The van der Waals surface area contributed by atoms with Crippen molar-refractivity contribution in [2.75, 3.05) is 6.54 Å². The van der Waals surface area contributed by atoms with E-state index in [1.54, 1.807) is 13.8 Å². The van der Waals surface area contributed by atoms with Crippen LogP contribution >= 0.6 is 0 Å². The Morgan fingerprint density at radius 3 is 1.84 bits per heavy atom. The molecule has 0 aliphatic carbocycles. The molecule has 0 rings (SSSR count). The number of guanidine groups is 1. The Morgan fingerprint density at radius 1 is 0.811 bits per heavy atom. The van der Waals surface area contributed by atoms with E-state index in [4.69, 9.17) is 28.0 Å². The number of nitrogens with zero attached hydrogens (tertiary/aromatic N) is 1. The Kier molecular flexibility index (Phi) is 14.9.